The summed E-state index contributed by atoms with van der Waals surface area (Å²) in [6.45, 7) is 5.73. The van der Waals surface area contributed by atoms with Crippen LogP contribution in [0.3, 0.4) is 0 Å². The van der Waals surface area contributed by atoms with Crippen molar-refractivity contribution in [2.75, 3.05) is 0 Å². The minimum Gasteiger partial charge on any atom is -0.481 e. The first-order valence-electron chi connectivity index (χ1n) is 6.57. The Bertz CT molecular complexity index is 644. The summed E-state index contributed by atoms with van der Waals surface area (Å²) in [5, 5.41) is 17.0. The van der Waals surface area contributed by atoms with Crippen molar-refractivity contribution in [3.8, 4) is 11.5 Å². The average Bonchev–Trinajstić information content (AvgIpc) is 2.73. The number of aryl methyl sites for hydroxylation is 1. The Labute approximate surface area is 131 Å². The smallest absolute Gasteiger partial charge is 0.303 e. The number of halogens is 1. The molecule has 0 spiro atoms. The number of nitrogens with zero attached hydrogens (tertiary/aromatic N) is 2. The molecule has 0 aliphatic rings. The second-order valence-electron chi connectivity index (χ2n) is 5.93. The molecule has 0 radical (unpaired) electrons. The van der Waals surface area contributed by atoms with E-state index >= 15 is 0 Å². The molecule has 1 N–H and O–H groups in total. The third-order valence-electron chi connectivity index (χ3n) is 3.02. The Morgan fingerprint density at radius 3 is 2.67 bits per heavy atom. The predicted molar refractivity (Wildman–Crippen MR) is 81.9 cm³/mol. The Morgan fingerprint density at radius 2 is 2.05 bits per heavy atom. The van der Waals surface area contributed by atoms with Crippen LogP contribution in [0.1, 0.15) is 31.7 Å². The standard InChI is InChI=1S/C15H17BrN2O3/c1-9-4-10(6-11(16)5-9)14-18-17-12(21-14)7-15(2,3)8-13(19)20/h4-6H,7-8H2,1-3H3,(H,19,20). The fraction of sp³-hybridized carbons (Fsp3) is 0.400. The first kappa shape index (κ1) is 15.7. The zero-order chi connectivity index (χ0) is 15.6. The number of hydrogen-bond donors (Lipinski definition) is 1. The Kier molecular flexibility index (Phi) is 4.46. The van der Waals surface area contributed by atoms with Gasteiger partial charge in [-0.15, -0.1) is 10.2 Å². The molecular weight excluding hydrogens is 336 g/mol. The molecule has 1 aromatic carbocycles. The second-order valence-corrected chi connectivity index (χ2v) is 6.85. The van der Waals surface area contributed by atoms with Gasteiger partial charge in [-0.05, 0) is 36.1 Å². The SMILES string of the molecule is Cc1cc(Br)cc(-c2nnc(CC(C)(C)CC(=O)O)o2)c1. The van der Waals surface area contributed by atoms with E-state index in [-0.39, 0.29) is 6.42 Å². The van der Waals surface area contributed by atoms with Gasteiger partial charge in [0.15, 0.2) is 0 Å². The van der Waals surface area contributed by atoms with Crippen molar-refractivity contribution in [2.45, 2.75) is 33.6 Å². The highest BCUT2D eigenvalue weighted by Gasteiger charge is 2.25. The van der Waals surface area contributed by atoms with E-state index in [1.165, 1.54) is 0 Å². The van der Waals surface area contributed by atoms with Crippen LogP contribution in [-0.2, 0) is 11.2 Å². The summed E-state index contributed by atoms with van der Waals surface area (Å²) >= 11 is 3.44. The number of aromatic nitrogens is 2. The zero-order valence-electron chi connectivity index (χ0n) is 12.2. The van der Waals surface area contributed by atoms with E-state index in [0.29, 0.717) is 18.2 Å². The van der Waals surface area contributed by atoms with Gasteiger partial charge in [-0.1, -0.05) is 29.8 Å². The van der Waals surface area contributed by atoms with Crippen LogP contribution in [-0.4, -0.2) is 21.3 Å². The van der Waals surface area contributed by atoms with Gasteiger partial charge in [0.25, 0.3) is 0 Å². The van der Waals surface area contributed by atoms with E-state index < -0.39 is 11.4 Å². The van der Waals surface area contributed by atoms with Gasteiger partial charge in [0.1, 0.15) is 0 Å². The van der Waals surface area contributed by atoms with Crippen LogP contribution in [0.25, 0.3) is 11.5 Å². The van der Waals surface area contributed by atoms with Crippen LogP contribution in [0, 0.1) is 12.3 Å². The molecule has 6 heteroatoms. The van der Waals surface area contributed by atoms with E-state index in [1.54, 1.807) is 0 Å². The topological polar surface area (TPSA) is 76.2 Å². The summed E-state index contributed by atoms with van der Waals surface area (Å²) in [4.78, 5) is 10.8. The van der Waals surface area contributed by atoms with Crippen LogP contribution in [0.4, 0.5) is 0 Å². The monoisotopic (exact) mass is 352 g/mol. The zero-order valence-corrected chi connectivity index (χ0v) is 13.8. The first-order chi connectivity index (χ1) is 9.75. The van der Waals surface area contributed by atoms with Crippen molar-refractivity contribution in [1.29, 1.82) is 0 Å². The molecule has 1 heterocycles. The molecule has 5 nitrogen and oxygen atoms in total. The van der Waals surface area contributed by atoms with Crippen molar-refractivity contribution in [3.05, 3.63) is 34.1 Å². The molecule has 112 valence electrons. The molecule has 0 fully saturated rings. The summed E-state index contributed by atoms with van der Waals surface area (Å²) in [7, 11) is 0. The van der Waals surface area contributed by atoms with Crippen LogP contribution in [0.2, 0.25) is 0 Å². The minimum absolute atomic E-state index is 0.0563. The van der Waals surface area contributed by atoms with Gasteiger partial charge in [-0.25, -0.2) is 0 Å². The Morgan fingerprint density at radius 1 is 1.33 bits per heavy atom. The molecule has 0 aliphatic carbocycles. The number of carboxylic acid groups (broad SMARTS) is 1. The van der Waals surface area contributed by atoms with Crippen molar-refractivity contribution < 1.29 is 14.3 Å². The van der Waals surface area contributed by atoms with E-state index in [0.717, 1.165) is 15.6 Å². The van der Waals surface area contributed by atoms with E-state index in [1.807, 2.05) is 39.0 Å². The molecule has 1 aromatic heterocycles. The number of hydrogen-bond acceptors (Lipinski definition) is 4. The Hall–Kier alpha value is -1.69. The average molecular weight is 353 g/mol. The molecule has 2 rings (SSSR count). The molecule has 0 unspecified atom stereocenters. The maximum atomic E-state index is 10.8. The maximum Gasteiger partial charge on any atom is 0.303 e. The highest BCUT2D eigenvalue weighted by molar-refractivity contribution is 9.10. The van der Waals surface area contributed by atoms with Gasteiger partial charge in [0.05, 0.1) is 6.42 Å². The normalized spacial score (nSPS) is 11.6. The van der Waals surface area contributed by atoms with Gasteiger partial charge in [-0.3, -0.25) is 4.79 Å². The summed E-state index contributed by atoms with van der Waals surface area (Å²) < 4.78 is 6.61. The summed E-state index contributed by atoms with van der Waals surface area (Å²) in [6.07, 6.45) is 0.486. The molecule has 0 aliphatic heterocycles. The van der Waals surface area contributed by atoms with Crippen LogP contribution in [0.15, 0.2) is 27.1 Å². The van der Waals surface area contributed by atoms with Gasteiger partial charge < -0.3 is 9.52 Å². The summed E-state index contributed by atoms with van der Waals surface area (Å²) in [5.74, 6) is 0.0664. The van der Waals surface area contributed by atoms with E-state index in [4.69, 9.17) is 9.52 Å². The minimum atomic E-state index is -0.831. The lowest BCUT2D eigenvalue weighted by Gasteiger charge is -2.19. The third kappa shape index (κ3) is 4.39. The number of carbonyl (C=O) groups is 1. The molecule has 0 bridgehead atoms. The number of benzene rings is 1. The maximum absolute atomic E-state index is 10.8. The fourth-order valence-corrected chi connectivity index (χ4v) is 2.79. The predicted octanol–water partition coefficient (Wildman–Crippen LogP) is 3.85. The van der Waals surface area contributed by atoms with Gasteiger partial charge in [0.2, 0.25) is 11.8 Å². The van der Waals surface area contributed by atoms with Gasteiger partial charge >= 0.3 is 5.97 Å². The quantitative estimate of drug-likeness (QED) is 0.884. The van der Waals surface area contributed by atoms with Crippen LogP contribution < -0.4 is 0 Å². The Balaban J connectivity index is 2.20. The molecule has 0 saturated carbocycles. The van der Waals surface area contributed by atoms with Gasteiger partial charge in [-0.2, -0.15) is 0 Å². The number of aliphatic carboxylic acids is 1. The van der Waals surface area contributed by atoms with E-state index in [2.05, 4.69) is 26.1 Å². The van der Waals surface area contributed by atoms with Crippen molar-refractivity contribution in [2.24, 2.45) is 5.41 Å². The first-order valence-corrected chi connectivity index (χ1v) is 7.36. The molecule has 0 amide bonds. The number of carboxylic acids is 1. The lowest BCUT2D eigenvalue weighted by atomic mass is 9.86. The molecule has 2 aromatic rings. The van der Waals surface area contributed by atoms with E-state index in [9.17, 15) is 4.79 Å². The lowest BCUT2D eigenvalue weighted by molar-refractivity contribution is -0.139. The molecule has 0 saturated heterocycles. The van der Waals surface area contributed by atoms with Crippen molar-refractivity contribution in [1.82, 2.24) is 10.2 Å². The largest absolute Gasteiger partial charge is 0.481 e. The lowest BCUT2D eigenvalue weighted by Crippen LogP contribution is -2.19. The molecule has 21 heavy (non-hydrogen) atoms. The summed E-state index contributed by atoms with van der Waals surface area (Å²) in [6, 6.07) is 5.87. The third-order valence-corrected chi connectivity index (χ3v) is 3.47. The van der Waals surface area contributed by atoms with Crippen LogP contribution in [0.5, 0.6) is 0 Å². The highest BCUT2D eigenvalue weighted by Crippen LogP contribution is 2.28. The van der Waals surface area contributed by atoms with Gasteiger partial charge in [0, 0.05) is 16.5 Å². The summed E-state index contributed by atoms with van der Waals surface area (Å²) in [5.41, 5.74) is 1.50. The molecule has 0 atom stereocenters. The van der Waals surface area contributed by atoms with Crippen molar-refractivity contribution in [3.63, 3.8) is 0 Å². The highest BCUT2D eigenvalue weighted by atomic mass is 79.9. The number of rotatable bonds is 5. The van der Waals surface area contributed by atoms with Crippen molar-refractivity contribution >= 4 is 21.9 Å². The fourth-order valence-electron chi connectivity index (χ4n) is 2.18. The van der Waals surface area contributed by atoms with Crippen LogP contribution >= 0.6 is 15.9 Å². The molecular formula is C15H17BrN2O3. The second kappa shape index (κ2) is 5.97.